The molecule has 1 unspecified atom stereocenters. The third-order valence-corrected chi connectivity index (χ3v) is 2.94. The zero-order valence-electron chi connectivity index (χ0n) is 8.78. The van der Waals surface area contributed by atoms with Gasteiger partial charge in [0.1, 0.15) is 0 Å². The SMILES string of the molecule is NCc1cccn(CC2CCNC2)c1=O. The van der Waals surface area contributed by atoms with Crippen LogP contribution >= 0.6 is 0 Å². The number of hydrogen-bond acceptors (Lipinski definition) is 3. The van der Waals surface area contributed by atoms with Crippen molar-refractivity contribution in [1.82, 2.24) is 9.88 Å². The number of aromatic nitrogens is 1. The maximum Gasteiger partial charge on any atom is 0.255 e. The lowest BCUT2D eigenvalue weighted by Crippen LogP contribution is -2.28. The van der Waals surface area contributed by atoms with E-state index < -0.39 is 0 Å². The molecule has 1 aromatic rings. The van der Waals surface area contributed by atoms with E-state index in [2.05, 4.69) is 5.32 Å². The molecule has 82 valence electrons. The smallest absolute Gasteiger partial charge is 0.255 e. The minimum atomic E-state index is 0.0619. The van der Waals surface area contributed by atoms with Crippen molar-refractivity contribution in [3.05, 3.63) is 34.2 Å². The largest absolute Gasteiger partial charge is 0.326 e. The third kappa shape index (κ3) is 2.27. The zero-order chi connectivity index (χ0) is 10.7. The van der Waals surface area contributed by atoms with Crippen LogP contribution in [0.3, 0.4) is 0 Å². The van der Waals surface area contributed by atoms with E-state index in [0.29, 0.717) is 18.0 Å². The van der Waals surface area contributed by atoms with Crippen LogP contribution in [-0.4, -0.2) is 17.7 Å². The molecule has 4 nitrogen and oxygen atoms in total. The Labute approximate surface area is 89.1 Å². The molecule has 2 heterocycles. The molecule has 0 spiro atoms. The summed E-state index contributed by atoms with van der Waals surface area (Å²) >= 11 is 0. The summed E-state index contributed by atoms with van der Waals surface area (Å²) in [6, 6.07) is 3.69. The third-order valence-electron chi connectivity index (χ3n) is 2.94. The Balaban J connectivity index is 2.17. The van der Waals surface area contributed by atoms with Gasteiger partial charge in [0.2, 0.25) is 0 Å². The van der Waals surface area contributed by atoms with Crippen LogP contribution in [0, 0.1) is 5.92 Å². The van der Waals surface area contributed by atoms with Gasteiger partial charge >= 0.3 is 0 Å². The van der Waals surface area contributed by atoms with Crippen molar-refractivity contribution in [2.75, 3.05) is 13.1 Å². The van der Waals surface area contributed by atoms with Gasteiger partial charge in [0.05, 0.1) is 0 Å². The lowest BCUT2D eigenvalue weighted by Gasteiger charge is -2.11. The Bertz CT molecular complexity index is 380. The van der Waals surface area contributed by atoms with Crippen molar-refractivity contribution in [1.29, 1.82) is 0 Å². The number of nitrogens with one attached hydrogen (secondary N) is 1. The first-order valence-electron chi connectivity index (χ1n) is 5.40. The van der Waals surface area contributed by atoms with Gasteiger partial charge < -0.3 is 15.6 Å². The molecule has 0 aromatic carbocycles. The van der Waals surface area contributed by atoms with Gasteiger partial charge in [-0.1, -0.05) is 6.07 Å². The Morgan fingerprint density at radius 1 is 1.60 bits per heavy atom. The van der Waals surface area contributed by atoms with Gasteiger partial charge in [0.25, 0.3) is 5.56 Å². The van der Waals surface area contributed by atoms with Crippen LogP contribution in [0.2, 0.25) is 0 Å². The van der Waals surface area contributed by atoms with E-state index in [4.69, 9.17) is 5.73 Å². The molecule has 1 aliphatic heterocycles. The molecule has 1 aromatic heterocycles. The highest BCUT2D eigenvalue weighted by atomic mass is 16.1. The van der Waals surface area contributed by atoms with Gasteiger partial charge in [-0.25, -0.2) is 0 Å². The summed E-state index contributed by atoms with van der Waals surface area (Å²) < 4.78 is 1.78. The molecule has 2 rings (SSSR count). The highest BCUT2D eigenvalue weighted by molar-refractivity contribution is 5.09. The summed E-state index contributed by atoms with van der Waals surface area (Å²) in [6.45, 7) is 3.21. The summed E-state index contributed by atoms with van der Waals surface area (Å²) in [6.07, 6.45) is 3.00. The highest BCUT2D eigenvalue weighted by Gasteiger charge is 2.15. The molecule has 0 saturated carbocycles. The van der Waals surface area contributed by atoms with Gasteiger partial charge in [-0.15, -0.1) is 0 Å². The standard InChI is InChI=1S/C11H17N3O/c12-6-10-2-1-5-14(11(10)15)8-9-3-4-13-7-9/h1-2,5,9,13H,3-4,6-8,12H2. The van der Waals surface area contributed by atoms with Crippen molar-refractivity contribution < 1.29 is 0 Å². The fourth-order valence-electron chi connectivity index (χ4n) is 2.03. The normalized spacial score (nSPS) is 20.7. The number of hydrogen-bond donors (Lipinski definition) is 2. The van der Waals surface area contributed by atoms with Crippen molar-refractivity contribution >= 4 is 0 Å². The molecule has 0 amide bonds. The fourth-order valence-corrected chi connectivity index (χ4v) is 2.03. The van der Waals surface area contributed by atoms with E-state index in [9.17, 15) is 4.79 Å². The average molecular weight is 207 g/mol. The van der Waals surface area contributed by atoms with Crippen LogP contribution in [-0.2, 0) is 13.1 Å². The van der Waals surface area contributed by atoms with Crippen LogP contribution in [0.25, 0.3) is 0 Å². The van der Waals surface area contributed by atoms with Crippen LogP contribution in [0.1, 0.15) is 12.0 Å². The van der Waals surface area contributed by atoms with Crippen LogP contribution in [0.4, 0.5) is 0 Å². The monoisotopic (exact) mass is 207 g/mol. The second-order valence-corrected chi connectivity index (χ2v) is 4.05. The first-order valence-corrected chi connectivity index (χ1v) is 5.40. The summed E-state index contributed by atoms with van der Waals surface area (Å²) in [5, 5.41) is 3.30. The van der Waals surface area contributed by atoms with E-state index in [-0.39, 0.29) is 5.56 Å². The van der Waals surface area contributed by atoms with Crippen molar-refractivity contribution in [3.63, 3.8) is 0 Å². The maximum absolute atomic E-state index is 11.9. The Hall–Kier alpha value is -1.13. The maximum atomic E-state index is 11.9. The molecule has 0 aliphatic carbocycles. The van der Waals surface area contributed by atoms with E-state index >= 15 is 0 Å². The summed E-state index contributed by atoms with van der Waals surface area (Å²) in [4.78, 5) is 11.9. The second-order valence-electron chi connectivity index (χ2n) is 4.05. The van der Waals surface area contributed by atoms with Crippen LogP contribution in [0.5, 0.6) is 0 Å². The molecule has 1 fully saturated rings. The topological polar surface area (TPSA) is 60.0 Å². The minimum absolute atomic E-state index is 0.0619. The van der Waals surface area contributed by atoms with Crippen LogP contribution in [0.15, 0.2) is 23.1 Å². The van der Waals surface area contributed by atoms with Gasteiger partial charge in [-0.05, 0) is 31.5 Å². The highest BCUT2D eigenvalue weighted by Crippen LogP contribution is 2.09. The number of rotatable bonds is 3. The molecule has 1 atom stereocenters. The first kappa shape index (κ1) is 10.4. The number of pyridine rings is 1. The fraction of sp³-hybridized carbons (Fsp3) is 0.545. The molecule has 0 radical (unpaired) electrons. The lowest BCUT2D eigenvalue weighted by molar-refractivity contribution is 0.470. The molecule has 3 N–H and O–H groups in total. The Morgan fingerprint density at radius 3 is 3.13 bits per heavy atom. The van der Waals surface area contributed by atoms with Crippen LogP contribution < -0.4 is 16.6 Å². The van der Waals surface area contributed by atoms with E-state index in [1.165, 1.54) is 0 Å². The zero-order valence-corrected chi connectivity index (χ0v) is 8.78. The molecular weight excluding hydrogens is 190 g/mol. The predicted molar refractivity (Wildman–Crippen MR) is 59.6 cm³/mol. The quantitative estimate of drug-likeness (QED) is 0.728. The molecule has 0 bridgehead atoms. The van der Waals surface area contributed by atoms with Gasteiger partial charge in [-0.3, -0.25) is 4.79 Å². The van der Waals surface area contributed by atoms with Gasteiger partial charge in [0.15, 0.2) is 0 Å². The van der Waals surface area contributed by atoms with Crippen molar-refractivity contribution in [2.45, 2.75) is 19.5 Å². The first-order chi connectivity index (χ1) is 7.31. The lowest BCUT2D eigenvalue weighted by atomic mass is 10.1. The average Bonchev–Trinajstić information content (AvgIpc) is 2.74. The molecule has 15 heavy (non-hydrogen) atoms. The van der Waals surface area contributed by atoms with E-state index in [1.807, 2.05) is 12.3 Å². The van der Waals surface area contributed by atoms with Gasteiger partial charge in [0, 0.05) is 24.8 Å². The summed E-state index contributed by atoms with van der Waals surface area (Å²) in [7, 11) is 0. The second kappa shape index (κ2) is 4.59. The molecule has 4 heteroatoms. The Kier molecular flexibility index (Phi) is 3.18. The molecule has 1 aliphatic rings. The predicted octanol–water partition coefficient (Wildman–Crippen LogP) is -0.0835. The number of nitrogens with two attached hydrogens (primary N) is 1. The summed E-state index contributed by atoms with van der Waals surface area (Å²) in [5.74, 6) is 0.579. The Morgan fingerprint density at radius 2 is 2.47 bits per heavy atom. The van der Waals surface area contributed by atoms with Gasteiger partial charge in [-0.2, -0.15) is 0 Å². The summed E-state index contributed by atoms with van der Waals surface area (Å²) in [5.41, 5.74) is 6.26. The number of nitrogens with zero attached hydrogens (tertiary/aromatic N) is 1. The van der Waals surface area contributed by atoms with Crippen molar-refractivity contribution in [2.24, 2.45) is 11.7 Å². The molecular formula is C11H17N3O. The minimum Gasteiger partial charge on any atom is -0.326 e. The van der Waals surface area contributed by atoms with Crippen molar-refractivity contribution in [3.8, 4) is 0 Å². The van der Waals surface area contributed by atoms with E-state index in [0.717, 1.165) is 26.1 Å². The van der Waals surface area contributed by atoms with E-state index in [1.54, 1.807) is 10.6 Å². The molecule has 1 saturated heterocycles.